The van der Waals surface area contributed by atoms with Crippen molar-refractivity contribution in [2.45, 2.75) is 0 Å². The molecule has 27 heavy (non-hydrogen) atoms. The van der Waals surface area contributed by atoms with Crippen LogP contribution < -0.4 is 10.6 Å². The molecule has 0 fully saturated rings. The normalized spacial score (nSPS) is 12.2. The molecule has 1 aliphatic rings. The molecular formula is C21H13ClN2O3. The number of amides is 2. The van der Waals surface area contributed by atoms with Crippen LogP contribution in [0.1, 0.15) is 31.8 Å². The van der Waals surface area contributed by atoms with E-state index in [1.165, 1.54) is 0 Å². The molecule has 5 nitrogen and oxygen atoms in total. The Balaban J connectivity index is 1.66. The van der Waals surface area contributed by atoms with Crippen LogP contribution in [0.15, 0.2) is 66.7 Å². The van der Waals surface area contributed by atoms with E-state index in [0.29, 0.717) is 21.8 Å². The minimum absolute atomic E-state index is 0.201. The van der Waals surface area contributed by atoms with E-state index in [0.717, 1.165) is 0 Å². The van der Waals surface area contributed by atoms with Gasteiger partial charge in [-0.05, 0) is 30.3 Å². The van der Waals surface area contributed by atoms with Gasteiger partial charge in [-0.3, -0.25) is 9.59 Å². The van der Waals surface area contributed by atoms with Gasteiger partial charge in [0.25, 0.3) is 0 Å². The van der Waals surface area contributed by atoms with Crippen molar-refractivity contribution in [1.29, 1.82) is 0 Å². The van der Waals surface area contributed by atoms with Crippen molar-refractivity contribution >= 4 is 40.6 Å². The number of anilines is 2. The summed E-state index contributed by atoms with van der Waals surface area (Å²) >= 11 is 5.83. The van der Waals surface area contributed by atoms with E-state index in [2.05, 4.69) is 10.6 Å². The van der Waals surface area contributed by atoms with Crippen LogP contribution in [0.4, 0.5) is 16.2 Å². The van der Waals surface area contributed by atoms with Crippen molar-refractivity contribution in [2.24, 2.45) is 0 Å². The highest BCUT2D eigenvalue weighted by Crippen LogP contribution is 2.32. The number of halogens is 1. The minimum Gasteiger partial charge on any atom is -0.308 e. The Morgan fingerprint density at radius 1 is 0.704 bits per heavy atom. The predicted molar refractivity (Wildman–Crippen MR) is 104 cm³/mol. The van der Waals surface area contributed by atoms with Crippen molar-refractivity contribution < 1.29 is 14.4 Å². The molecule has 3 aromatic carbocycles. The Hall–Kier alpha value is -3.44. The number of nitrogens with one attached hydrogen (secondary N) is 2. The highest BCUT2D eigenvalue weighted by Gasteiger charge is 2.31. The van der Waals surface area contributed by atoms with Gasteiger partial charge in [-0.25, -0.2) is 4.79 Å². The highest BCUT2D eigenvalue weighted by molar-refractivity contribution is 6.31. The van der Waals surface area contributed by atoms with Gasteiger partial charge in [-0.2, -0.15) is 0 Å². The predicted octanol–water partition coefficient (Wildman–Crippen LogP) is 4.76. The second-order valence-corrected chi connectivity index (χ2v) is 6.45. The van der Waals surface area contributed by atoms with Gasteiger partial charge >= 0.3 is 6.03 Å². The Morgan fingerprint density at radius 2 is 1.33 bits per heavy atom. The van der Waals surface area contributed by atoms with Crippen LogP contribution in [0.5, 0.6) is 0 Å². The van der Waals surface area contributed by atoms with Crippen molar-refractivity contribution in [2.75, 3.05) is 10.6 Å². The van der Waals surface area contributed by atoms with E-state index in [4.69, 9.17) is 11.6 Å². The van der Waals surface area contributed by atoms with Crippen molar-refractivity contribution in [3.8, 4) is 0 Å². The van der Waals surface area contributed by atoms with E-state index in [9.17, 15) is 14.4 Å². The molecule has 0 saturated heterocycles. The number of hydrogen-bond acceptors (Lipinski definition) is 3. The number of carbonyl (C=O) groups is 3. The summed E-state index contributed by atoms with van der Waals surface area (Å²) in [4.78, 5) is 38.0. The van der Waals surface area contributed by atoms with Gasteiger partial charge in [-0.15, -0.1) is 0 Å². The molecule has 2 amide bonds. The zero-order valence-corrected chi connectivity index (χ0v) is 14.7. The number of carbonyl (C=O) groups excluding carboxylic acids is 3. The van der Waals surface area contributed by atoms with Gasteiger partial charge in [-0.1, -0.05) is 48.0 Å². The fourth-order valence-electron chi connectivity index (χ4n) is 3.07. The lowest BCUT2D eigenvalue weighted by Crippen LogP contribution is -2.25. The summed E-state index contributed by atoms with van der Waals surface area (Å²) in [6.07, 6.45) is 0. The Labute approximate surface area is 160 Å². The highest BCUT2D eigenvalue weighted by atomic mass is 35.5. The number of urea groups is 1. The molecule has 0 unspecified atom stereocenters. The fourth-order valence-corrected chi connectivity index (χ4v) is 3.19. The molecule has 0 aromatic heterocycles. The van der Waals surface area contributed by atoms with Gasteiger partial charge in [0.05, 0.1) is 11.3 Å². The summed E-state index contributed by atoms with van der Waals surface area (Å²) in [6, 6.07) is 17.6. The van der Waals surface area contributed by atoms with E-state index in [1.54, 1.807) is 66.7 Å². The smallest absolute Gasteiger partial charge is 0.308 e. The molecule has 4 rings (SSSR count). The Bertz CT molecular complexity index is 1090. The third-order valence-electron chi connectivity index (χ3n) is 4.30. The molecule has 3 aromatic rings. The van der Waals surface area contributed by atoms with Crippen molar-refractivity contribution in [3.63, 3.8) is 0 Å². The van der Waals surface area contributed by atoms with Crippen LogP contribution in [0.25, 0.3) is 0 Å². The monoisotopic (exact) mass is 376 g/mol. The maximum absolute atomic E-state index is 12.9. The SMILES string of the molecule is O=C(Nc1ccc(Cl)cc1)Nc1cccc2c1C(=O)c1ccccc1C2=O. The molecule has 1 aliphatic carbocycles. The lowest BCUT2D eigenvalue weighted by molar-refractivity contribution is 0.0979. The summed E-state index contributed by atoms with van der Waals surface area (Å²) in [5.41, 5.74) is 2.02. The van der Waals surface area contributed by atoms with E-state index >= 15 is 0 Å². The molecule has 0 spiro atoms. The second kappa shape index (κ2) is 6.70. The largest absolute Gasteiger partial charge is 0.323 e. The zero-order valence-electron chi connectivity index (χ0n) is 14.0. The van der Waals surface area contributed by atoms with Crippen LogP contribution in [0.3, 0.4) is 0 Å². The number of fused-ring (bicyclic) bond motifs is 2. The summed E-state index contributed by atoms with van der Waals surface area (Å²) in [6.45, 7) is 0. The van der Waals surface area contributed by atoms with Crippen LogP contribution in [0, 0.1) is 0 Å². The van der Waals surface area contributed by atoms with Crippen LogP contribution in [-0.2, 0) is 0 Å². The lowest BCUT2D eigenvalue weighted by atomic mass is 9.83. The summed E-state index contributed by atoms with van der Waals surface area (Å²) in [5, 5.41) is 5.88. The first kappa shape index (κ1) is 17.0. The number of benzene rings is 3. The van der Waals surface area contributed by atoms with E-state index in [-0.39, 0.29) is 28.4 Å². The molecule has 132 valence electrons. The zero-order chi connectivity index (χ0) is 19.0. The first-order valence-electron chi connectivity index (χ1n) is 8.19. The first-order valence-corrected chi connectivity index (χ1v) is 8.57. The topological polar surface area (TPSA) is 75.3 Å². The molecule has 0 atom stereocenters. The molecule has 2 N–H and O–H groups in total. The van der Waals surface area contributed by atoms with Gasteiger partial charge in [0, 0.05) is 27.4 Å². The number of hydrogen-bond donors (Lipinski definition) is 2. The Morgan fingerprint density at radius 3 is 2.04 bits per heavy atom. The van der Waals surface area contributed by atoms with Crippen LogP contribution >= 0.6 is 11.6 Å². The van der Waals surface area contributed by atoms with Crippen LogP contribution in [-0.4, -0.2) is 17.6 Å². The first-order chi connectivity index (χ1) is 13.0. The quantitative estimate of drug-likeness (QED) is 0.529. The number of rotatable bonds is 2. The van der Waals surface area contributed by atoms with Gasteiger partial charge in [0.2, 0.25) is 0 Å². The average molecular weight is 377 g/mol. The molecule has 0 saturated carbocycles. The minimum atomic E-state index is -0.523. The number of ketones is 2. The summed E-state index contributed by atoms with van der Waals surface area (Å²) < 4.78 is 0. The standard InChI is InChI=1S/C21H13ClN2O3/c22-12-8-10-13(11-9-12)23-21(27)24-17-7-3-6-16-18(17)20(26)15-5-2-1-4-14(15)19(16)25/h1-11H,(H2,23,24,27). The Kier molecular flexibility index (Phi) is 4.22. The summed E-state index contributed by atoms with van der Waals surface area (Å²) in [7, 11) is 0. The molecule has 0 heterocycles. The lowest BCUT2D eigenvalue weighted by Gasteiger charge is -2.20. The third-order valence-corrected chi connectivity index (χ3v) is 4.55. The second-order valence-electron chi connectivity index (χ2n) is 6.02. The molecule has 0 bridgehead atoms. The van der Waals surface area contributed by atoms with E-state index in [1.807, 2.05) is 0 Å². The van der Waals surface area contributed by atoms with Gasteiger partial charge in [0.1, 0.15) is 0 Å². The van der Waals surface area contributed by atoms with Gasteiger partial charge in [0.15, 0.2) is 11.6 Å². The average Bonchev–Trinajstić information content (AvgIpc) is 2.68. The molecule has 6 heteroatoms. The fraction of sp³-hybridized carbons (Fsp3) is 0. The van der Waals surface area contributed by atoms with Crippen molar-refractivity contribution in [1.82, 2.24) is 0 Å². The third kappa shape index (κ3) is 3.09. The maximum Gasteiger partial charge on any atom is 0.323 e. The molecule has 0 aliphatic heterocycles. The van der Waals surface area contributed by atoms with E-state index < -0.39 is 6.03 Å². The van der Waals surface area contributed by atoms with Crippen molar-refractivity contribution in [3.05, 3.63) is 94.0 Å². The summed E-state index contributed by atoms with van der Waals surface area (Å²) in [5.74, 6) is -0.524. The maximum atomic E-state index is 12.9. The molecule has 0 radical (unpaired) electrons. The van der Waals surface area contributed by atoms with Gasteiger partial charge < -0.3 is 10.6 Å². The molecular weight excluding hydrogens is 364 g/mol. The van der Waals surface area contributed by atoms with Crippen LogP contribution in [0.2, 0.25) is 5.02 Å².